The van der Waals surface area contributed by atoms with Crippen molar-refractivity contribution in [2.24, 2.45) is 5.73 Å². The van der Waals surface area contributed by atoms with Crippen molar-refractivity contribution in [3.63, 3.8) is 0 Å². The number of thiol groups is 1. The average molecular weight is 718 g/mol. The van der Waals surface area contributed by atoms with Crippen molar-refractivity contribution >= 4 is 71.0 Å². The van der Waals surface area contributed by atoms with Gasteiger partial charge in [-0.1, -0.05) is 0 Å². The monoisotopic (exact) mass is 717 g/mol. The molecule has 0 radical (unpaired) electrons. The van der Waals surface area contributed by atoms with Crippen molar-refractivity contribution in [2.75, 3.05) is 30.0 Å². The van der Waals surface area contributed by atoms with Crippen LogP contribution in [0.5, 0.6) is 0 Å². The summed E-state index contributed by atoms with van der Waals surface area (Å²) in [6.45, 7) is -1.13. The van der Waals surface area contributed by atoms with Crippen LogP contribution in [0.15, 0.2) is 35.3 Å². The predicted octanol–water partition coefficient (Wildman–Crippen LogP) is -3.71. The van der Waals surface area contributed by atoms with Crippen LogP contribution in [0.25, 0.3) is 11.2 Å². The second-order valence-corrected chi connectivity index (χ2v) is 10.9. The van der Waals surface area contributed by atoms with Crippen LogP contribution < -0.4 is 43.6 Å². The highest BCUT2D eigenvalue weighted by atomic mass is 32.1. The minimum Gasteiger partial charge on any atom is -0.480 e. The van der Waals surface area contributed by atoms with Crippen LogP contribution in [-0.4, -0.2) is 114 Å². The van der Waals surface area contributed by atoms with Gasteiger partial charge in [-0.05, 0) is 30.7 Å². The molecule has 0 saturated heterocycles. The number of aromatic nitrogens is 4. The number of carboxylic acid groups (broad SMARTS) is 2. The molecule has 0 aliphatic rings. The summed E-state index contributed by atoms with van der Waals surface area (Å²) < 4.78 is 0. The van der Waals surface area contributed by atoms with Gasteiger partial charge >= 0.3 is 11.9 Å². The molecule has 50 heavy (non-hydrogen) atoms. The lowest BCUT2D eigenvalue weighted by Crippen LogP contribution is -2.57. The Morgan fingerprint density at radius 2 is 1.58 bits per heavy atom. The molecule has 0 spiro atoms. The maximum absolute atomic E-state index is 12.7. The zero-order chi connectivity index (χ0) is 37.0. The minimum absolute atomic E-state index is 0.0157. The molecule has 21 nitrogen and oxygen atoms in total. The Bertz CT molecular complexity index is 1790. The second kappa shape index (κ2) is 18.0. The van der Waals surface area contributed by atoms with Gasteiger partial charge in [-0.3, -0.25) is 29.0 Å². The van der Waals surface area contributed by atoms with E-state index < -0.39 is 78.4 Å². The number of carbonyl (C=O) groups is 6. The number of aliphatic hydroxyl groups is 1. The second-order valence-electron chi connectivity index (χ2n) is 10.6. The standard InChI is InChI=1S/C28H35N11O10S/c29-15(23(43)36-17(10-40)24(44)37-18(11-50)27(48)49)9-32-19(41)6-5-16(26(46)47)35-22(42)12-1-3-13(4-2-12)31-7-14-8-33-21-20(34-14)25(45)39-28(30)38-21/h1-4,8,15-18,31,40,50H,5-7,9-11,29H2,(H,32,41)(H,35,42)(H,36,43)(H,37,44)(H,46,47)(H,48,49)(H3,30,33,38,39,45)/t15-,16-,17-,18-/m0/s1. The number of anilines is 2. The number of carboxylic acids is 2. The molecule has 3 aromatic rings. The third-order valence-corrected chi connectivity index (χ3v) is 7.20. The van der Waals surface area contributed by atoms with Crippen LogP contribution in [0.1, 0.15) is 28.9 Å². The number of nitrogens with zero attached hydrogens (tertiary/aromatic N) is 3. The molecule has 13 N–H and O–H groups in total. The number of nitrogen functional groups attached to an aromatic ring is 1. The molecule has 0 bridgehead atoms. The molecule has 268 valence electrons. The Hall–Kier alpha value is -5.87. The molecular weight excluding hydrogens is 682 g/mol. The van der Waals surface area contributed by atoms with E-state index in [1.807, 2.05) is 0 Å². The molecule has 2 aromatic heterocycles. The molecule has 4 atom stereocenters. The Labute approximate surface area is 287 Å². The number of nitrogens with two attached hydrogens (primary N) is 2. The van der Waals surface area contributed by atoms with Crippen LogP contribution in [0.2, 0.25) is 0 Å². The van der Waals surface area contributed by atoms with Crippen LogP contribution in [0.4, 0.5) is 11.6 Å². The normalized spacial score (nSPS) is 13.3. The Morgan fingerprint density at radius 3 is 2.20 bits per heavy atom. The minimum atomic E-state index is -1.53. The number of hydrogen-bond acceptors (Lipinski definition) is 15. The zero-order valence-electron chi connectivity index (χ0n) is 26.1. The molecule has 0 saturated carbocycles. The van der Waals surface area contributed by atoms with E-state index in [-0.39, 0.29) is 47.8 Å². The quantitative estimate of drug-likeness (QED) is 0.0563. The van der Waals surface area contributed by atoms with Gasteiger partial charge in [-0.25, -0.2) is 19.6 Å². The summed E-state index contributed by atoms with van der Waals surface area (Å²) in [5.41, 5.74) is 11.9. The van der Waals surface area contributed by atoms with Gasteiger partial charge < -0.3 is 53.4 Å². The van der Waals surface area contributed by atoms with E-state index >= 15 is 0 Å². The summed E-state index contributed by atoms with van der Waals surface area (Å²) in [4.78, 5) is 99.1. The van der Waals surface area contributed by atoms with Crippen molar-refractivity contribution in [3.05, 3.63) is 52.1 Å². The number of fused-ring (bicyclic) bond motifs is 1. The molecular formula is C28H35N11O10S. The molecule has 0 aliphatic carbocycles. The highest BCUT2D eigenvalue weighted by Gasteiger charge is 2.27. The summed E-state index contributed by atoms with van der Waals surface area (Å²) in [7, 11) is 0. The number of hydrogen-bond donors (Lipinski definition) is 12. The number of benzene rings is 1. The Balaban J connectivity index is 1.45. The molecule has 1 aromatic carbocycles. The van der Waals surface area contributed by atoms with Gasteiger partial charge in [-0.15, -0.1) is 0 Å². The van der Waals surface area contributed by atoms with E-state index in [9.17, 15) is 43.8 Å². The van der Waals surface area contributed by atoms with E-state index in [0.29, 0.717) is 11.4 Å². The zero-order valence-corrected chi connectivity index (χ0v) is 27.0. The van der Waals surface area contributed by atoms with Gasteiger partial charge in [0.2, 0.25) is 23.7 Å². The van der Waals surface area contributed by atoms with E-state index in [1.165, 1.54) is 18.3 Å². The largest absolute Gasteiger partial charge is 0.480 e. The van der Waals surface area contributed by atoms with E-state index in [2.05, 4.69) is 59.1 Å². The van der Waals surface area contributed by atoms with E-state index in [0.717, 1.165) is 0 Å². The van der Waals surface area contributed by atoms with Crippen LogP contribution >= 0.6 is 12.6 Å². The Morgan fingerprint density at radius 1 is 0.920 bits per heavy atom. The van der Waals surface area contributed by atoms with Gasteiger partial charge in [0.15, 0.2) is 11.2 Å². The number of aromatic amines is 1. The summed E-state index contributed by atoms with van der Waals surface area (Å²) in [6, 6.07) is 0.260. The maximum atomic E-state index is 12.7. The number of aliphatic carboxylic acids is 2. The smallest absolute Gasteiger partial charge is 0.327 e. The lowest BCUT2D eigenvalue weighted by atomic mass is 10.1. The summed E-state index contributed by atoms with van der Waals surface area (Å²) >= 11 is 3.81. The summed E-state index contributed by atoms with van der Waals surface area (Å²) in [5.74, 6) is -6.46. The summed E-state index contributed by atoms with van der Waals surface area (Å²) in [5, 5.41) is 40.0. The van der Waals surface area contributed by atoms with Crippen molar-refractivity contribution in [3.8, 4) is 0 Å². The number of H-pyrrole nitrogens is 1. The number of nitrogens with one attached hydrogen (secondary N) is 6. The molecule has 0 aliphatic heterocycles. The molecule has 0 fully saturated rings. The Kier molecular flexibility index (Phi) is 13.9. The lowest BCUT2D eigenvalue weighted by Gasteiger charge is -2.21. The topological polar surface area (TPSA) is 347 Å². The fourth-order valence-corrected chi connectivity index (χ4v) is 4.35. The predicted molar refractivity (Wildman–Crippen MR) is 178 cm³/mol. The maximum Gasteiger partial charge on any atom is 0.327 e. The van der Waals surface area contributed by atoms with Gasteiger partial charge in [0.25, 0.3) is 11.5 Å². The molecule has 22 heteroatoms. The summed E-state index contributed by atoms with van der Waals surface area (Å²) in [6.07, 6.45) is 0.738. The van der Waals surface area contributed by atoms with E-state index in [1.54, 1.807) is 12.1 Å². The van der Waals surface area contributed by atoms with Crippen LogP contribution in [0, 0.1) is 0 Å². The molecule has 4 amide bonds. The van der Waals surface area contributed by atoms with Crippen LogP contribution in [0.3, 0.4) is 0 Å². The van der Waals surface area contributed by atoms with Gasteiger partial charge in [0.1, 0.15) is 24.2 Å². The van der Waals surface area contributed by atoms with Crippen LogP contribution in [-0.2, 0) is 30.5 Å². The van der Waals surface area contributed by atoms with Crippen molar-refractivity contribution in [1.29, 1.82) is 0 Å². The molecule has 3 rings (SSSR count). The van der Waals surface area contributed by atoms with Crippen molar-refractivity contribution in [1.82, 2.24) is 41.2 Å². The van der Waals surface area contributed by atoms with Crippen molar-refractivity contribution in [2.45, 2.75) is 43.6 Å². The highest BCUT2D eigenvalue weighted by Crippen LogP contribution is 2.12. The third kappa shape index (κ3) is 11.1. The molecule has 0 unspecified atom stereocenters. The van der Waals surface area contributed by atoms with Gasteiger partial charge in [0, 0.05) is 30.0 Å². The lowest BCUT2D eigenvalue weighted by molar-refractivity contribution is -0.141. The van der Waals surface area contributed by atoms with Crippen molar-refractivity contribution < 1.29 is 44.1 Å². The number of rotatable bonds is 18. The molecule has 2 heterocycles. The first-order valence-electron chi connectivity index (χ1n) is 14.7. The first-order valence-corrected chi connectivity index (χ1v) is 15.3. The SMILES string of the molecule is Nc1nc2ncc(CNc3ccc(C(=O)N[C@@H](CCC(=O)NC[C@H](N)C(=O)N[C@@H](CO)C(=O)N[C@@H](CS)C(=O)O)C(=O)O)cc3)nc2c(=O)[nH]1. The first kappa shape index (κ1) is 38.6. The van der Waals surface area contributed by atoms with Gasteiger partial charge in [0.05, 0.1) is 25.0 Å². The van der Waals surface area contributed by atoms with E-state index in [4.69, 9.17) is 16.6 Å². The number of amides is 4. The fourth-order valence-electron chi connectivity index (χ4n) is 4.10. The third-order valence-electron chi connectivity index (χ3n) is 6.84. The fraction of sp³-hybridized carbons (Fsp3) is 0.357. The number of carbonyl (C=O) groups excluding carboxylic acids is 4. The highest BCUT2D eigenvalue weighted by molar-refractivity contribution is 7.80. The van der Waals surface area contributed by atoms with Gasteiger partial charge in [-0.2, -0.15) is 17.6 Å². The first-order chi connectivity index (χ1) is 23.7. The number of aliphatic hydroxyl groups excluding tert-OH is 1. The average Bonchev–Trinajstić information content (AvgIpc) is 3.08.